The van der Waals surface area contributed by atoms with Crippen LogP contribution in [0.1, 0.15) is 6.92 Å². The van der Waals surface area contributed by atoms with E-state index in [2.05, 4.69) is 21.2 Å². The molecule has 0 aliphatic carbocycles. The number of amides is 1. The monoisotopic (exact) mass is 260 g/mol. The van der Waals surface area contributed by atoms with E-state index in [1.807, 2.05) is 0 Å². The number of anilines is 1. The van der Waals surface area contributed by atoms with Crippen molar-refractivity contribution in [2.75, 3.05) is 5.32 Å². The van der Waals surface area contributed by atoms with E-state index < -0.39 is 5.23 Å². The minimum absolute atomic E-state index is 0.0644. The number of hydrogen-bond acceptors (Lipinski definition) is 3. The molecule has 1 aromatic rings. The molecule has 1 atom stereocenters. The van der Waals surface area contributed by atoms with Crippen molar-refractivity contribution in [3.8, 4) is 0 Å². The zero-order valence-electron chi connectivity index (χ0n) is 7.37. The third kappa shape index (κ3) is 2.78. The summed E-state index contributed by atoms with van der Waals surface area (Å²) in [6.45, 7) is 1.33. The molecule has 0 bridgehead atoms. The van der Waals surface area contributed by atoms with Crippen LogP contribution in [0.3, 0.4) is 0 Å². The van der Waals surface area contributed by atoms with Gasteiger partial charge in [-0.05, 0) is 12.1 Å². The molecule has 76 valence electrons. The Morgan fingerprint density at radius 2 is 2.29 bits per heavy atom. The van der Waals surface area contributed by atoms with E-state index >= 15 is 0 Å². The number of carbonyl (C=O) groups excluding carboxylic acids is 1. The summed E-state index contributed by atoms with van der Waals surface area (Å²) in [7, 11) is 0. The van der Waals surface area contributed by atoms with E-state index in [4.69, 9.17) is 5.21 Å². The van der Waals surface area contributed by atoms with Gasteiger partial charge < -0.3 is 10.5 Å². The van der Waals surface area contributed by atoms with Crippen molar-refractivity contribution in [2.24, 2.45) is 0 Å². The highest BCUT2D eigenvalue weighted by Gasteiger charge is 2.10. The normalized spacial score (nSPS) is 12.3. The number of carbonyl (C=O) groups is 1. The maximum Gasteiger partial charge on any atom is 0.221 e. The summed E-state index contributed by atoms with van der Waals surface area (Å²) in [6.07, 6.45) is 0. The topological polar surface area (TPSA) is 76.8 Å². The minimum Gasteiger partial charge on any atom is -0.595 e. The summed E-state index contributed by atoms with van der Waals surface area (Å²) in [5.41, 5.74) is 0.364. The van der Waals surface area contributed by atoms with E-state index in [0.29, 0.717) is 10.2 Å². The minimum atomic E-state index is -1.07. The lowest BCUT2D eigenvalue weighted by molar-refractivity contribution is -0.990. The number of quaternary nitrogens is 1. The maximum atomic E-state index is 10.8. The average molecular weight is 261 g/mol. The van der Waals surface area contributed by atoms with E-state index in [0.717, 1.165) is 0 Å². The van der Waals surface area contributed by atoms with E-state index in [1.54, 1.807) is 6.07 Å². The van der Waals surface area contributed by atoms with Gasteiger partial charge in [0.2, 0.25) is 5.91 Å². The molecule has 0 saturated carbocycles. The third-order valence-electron chi connectivity index (χ3n) is 1.52. The van der Waals surface area contributed by atoms with Gasteiger partial charge in [0.25, 0.3) is 0 Å². The van der Waals surface area contributed by atoms with Crippen LogP contribution in [0.4, 0.5) is 11.4 Å². The van der Waals surface area contributed by atoms with Crippen LogP contribution in [-0.2, 0) is 4.79 Å². The summed E-state index contributed by atoms with van der Waals surface area (Å²) < 4.78 is 0.656. The van der Waals surface area contributed by atoms with Crippen LogP contribution in [0, 0.1) is 5.21 Å². The van der Waals surface area contributed by atoms with Gasteiger partial charge in [0, 0.05) is 17.5 Å². The molecular formula is C8H9BrN2O3. The highest BCUT2D eigenvalue weighted by molar-refractivity contribution is 9.10. The SMILES string of the molecule is CC(=O)Nc1ccc(Br)cc1[NH+]([O-])O. The summed E-state index contributed by atoms with van der Waals surface area (Å²) in [4.78, 5) is 10.8. The first kappa shape index (κ1) is 11.1. The second-order valence-corrected chi connectivity index (χ2v) is 3.59. The summed E-state index contributed by atoms with van der Waals surface area (Å²) >= 11 is 3.15. The molecule has 0 radical (unpaired) electrons. The third-order valence-corrected chi connectivity index (χ3v) is 2.02. The van der Waals surface area contributed by atoms with Crippen molar-refractivity contribution >= 4 is 33.2 Å². The van der Waals surface area contributed by atoms with Gasteiger partial charge in [-0.15, -0.1) is 0 Å². The molecule has 1 unspecified atom stereocenters. The molecule has 1 rings (SSSR count). The highest BCUT2D eigenvalue weighted by Crippen LogP contribution is 2.22. The lowest BCUT2D eigenvalue weighted by Crippen LogP contribution is -2.99. The van der Waals surface area contributed by atoms with Gasteiger partial charge in [0.15, 0.2) is 5.69 Å². The first-order valence-electron chi connectivity index (χ1n) is 3.81. The lowest BCUT2D eigenvalue weighted by atomic mass is 10.2. The maximum absolute atomic E-state index is 10.8. The second-order valence-electron chi connectivity index (χ2n) is 2.68. The van der Waals surface area contributed by atoms with Crippen molar-refractivity contribution in [1.82, 2.24) is 0 Å². The highest BCUT2D eigenvalue weighted by atomic mass is 79.9. The Bertz CT molecular complexity index is 354. The van der Waals surface area contributed by atoms with Gasteiger partial charge in [0.1, 0.15) is 5.69 Å². The zero-order chi connectivity index (χ0) is 10.7. The molecule has 0 fully saturated rings. The van der Waals surface area contributed by atoms with Gasteiger partial charge in [0.05, 0.1) is 0 Å². The fraction of sp³-hybridized carbons (Fsp3) is 0.125. The molecule has 5 nitrogen and oxygen atoms in total. The van der Waals surface area contributed by atoms with E-state index in [-0.39, 0.29) is 11.6 Å². The molecule has 0 spiro atoms. The molecule has 3 N–H and O–H groups in total. The van der Waals surface area contributed by atoms with Gasteiger partial charge in [-0.2, -0.15) is 5.23 Å². The number of nitrogens with one attached hydrogen (secondary N) is 2. The van der Waals surface area contributed by atoms with Crippen LogP contribution in [0.5, 0.6) is 0 Å². The molecule has 0 aliphatic rings. The van der Waals surface area contributed by atoms with Gasteiger partial charge in [-0.1, -0.05) is 15.9 Å². The fourth-order valence-electron chi connectivity index (χ4n) is 0.992. The Morgan fingerprint density at radius 3 is 2.79 bits per heavy atom. The Kier molecular flexibility index (Phi) is 3.59. The van der Waals surface area contributed by atoms with Crippen LogP contribution in [0.15, 0.2) is 22.7 Å². The summed E-state index contributed by atoms with van der Waals surface area (Å²) in [5, 5.41) is 21.0. The Balaban J connectivity index is 3.08. The molecule has 6 heteroatoms. The number of halogens is 1. The number of rotatable bonds is 2. The van der Waals surface area contributed by atoms with Crippen LogP contribution >= 0.6 is 15.9 Å². The van der Waals surface area contributed by atoms with Crippen molar-refractivity contribution in [2.45, 2.75) is 6.92 Å². The average Bonchev–Trinajstić information content (AvgIpc) is 2.07. The van der Waals surface area contributed by atoms with Gasteiger partial charge in [-0.3, -0.25) is 4.79 Å². The fourth-order valence-corrected chi connectivity index (χ4v) is 1.35. The standard InChI is InChI=1S/C8H9BrN2O3/c1-5(12)10-7-3-2-6(9)4-8(7)11(13)14/h2-4,11,13H,1H3,(H,10,12). The Hall–Kier alpha value is -0.950. The van der Waals surface area contributed by atoms with Crippen molar-refractivity contribution < 1.29 is 15.2 Å². The quantitative estimate of drug-likeness (QED) is 0.689. The Labute approximate surface area is 89.0 Å². The van der Waals surface area contributed by atoms with Crippen molar-refractivity contribution in [3.63, 3.8) is 0 Å². The van der Waals surface area contributed by atoms with Gasteiger partial charge >= 0.3 is 0 Å². The Morgan fingerprint density at radius 1 is 1.64 bits per heavy atom. The molecule has 1 aromatic carbocycles. The second kappa shape index (κ2) is 4.52. The molecule has 0 aliphatic heterocycles. The molecule has 0 aromatic heterocycles. The molecule has 0 heterocycles. The summed E-state index contributed by atoms with van der Waals surface area (Å²) in [5.74, 6) is -0.296. The summed E-state index contributed by atoms with van der Waals surface area (Å²) in [6, 6.07) is 4.64. The molecular weight excluding hydrogens is 252 g/mol. The smallest absolute Gasteiger partial charge is 0.221 e. The first-order valence-corrected chi connectivity index (χ1v) is 4.60. The largest absolute Gasteiger partial charge is 0.595 e. The molecule has 14 heavy (non-hydrogen) atoms. The zero-order valence-corrected chi connectivity index (χ0v) is 8.96. The van der Waals surface area contributed by atoms with Crippen LogP contribution in [0.25, 0.3) is 0 Å². The number of benzene rings is 1. The van der Waals surface area contributed by atoms with Crippen molar-refractivity contribution in [3.05, 3.63) is 27.9 Å². The first-order chi connectivity index (χ1) is 6.50. The lowest BCUT2D eigenvalue weighted by Gasteiger charge is -2.15. The van der Waals surface area contributed by atoms with Gasteiger partial charge in [-0.25, -0.2) is 5.21 Å². The van der Waals surface area contributed by atoms with E-state index in [1.165, 1.54) is 19.1 Å². The molecule has 0 saturated heterocycles. The predicted octanol–water partition coefficient (Wildman–Crippen LogP) is 0.811. The molecule has 1 amide bonds. The van der Waals surface area contributed by atoms with E-state index in [9.17, 15) is 10.0 Å². The number of hydrogen-bond donors (Lipinski definition) is 3. The van der Waals surface area contributed by atoms with Crippen molar-refractivity contribution in [1.29, 1.82) is 0 Å². The van der Waals surface area contributed by atoms with Crippen LogP contribution in [-0.4, -0.2) is 11.1 Å². The van der Waals surface area contributed by atoms with Crippen LogP contribution in [0.2, 0.25) is 0 Å². The predicted molar refractivity (Wildman–Crippen MR) is 54.2 cm³/mol. The van der Waals surface area contributed by atoms with Crippen LogP contribution < -0.4 is 10.5 Å².